The molecule has 1 aliphatic rings. The van der Waals surface area contributed by atoms with Crippen LogP contribution in [0.5, 0.6) is 5.75 Å². The highest BCUT2D eigenvalue weighted by atomic mass is 16.5. The number of nitrogens with one attached hydrogen (secondary N) is 1. The Morgan fingerprint density at radius 1 is 1.14 bits per heavy atom. The van der Waals surface area contributed by atoms with Crippen molar-refractivity contribution in [2.45, 2.75) is 73.0 Å². The number of aromatic amines is 1. The van der Waals surface area contributed by atoms with E-state index in [-0.39, 0.29) is 16.7 Å². The van der Waals surface area contributed by atoms with Crippen molar-refractivity contribution in [3.8, 4) is 16.9 Å². The van der Waals surface area contributed by atoms with E-state index in [4.69, 9.17) is 9.72 Å². The number of aromatic nitrogens is 2. The number of carboxylic acid groups (broad SMARTS) is 1. The van der Waals surface area contributed by atoms with E-state index in [1.165, 1.54) is 0 Å². The highest BCUT2D eigenvalue weighted by molar-refractivity contribution is 5.94. The van der Waals surface area contributed by atoms with Gasteiger partial charge in [0.1, 0.15) is 5.75 Å². The molecule has 0 aliphatic carbocycles. The summed E-state index contributed by atoms with van der Waals surface area (Å²) in [5.74, 6) is -1.18. The molecule has 1 aliphatic heterocycles. The highest BCUT2D eigenvalue weighted by Gasteiger charge is 2.36. The summed E-state index contributed by atoms with van der Waals surface area (Å²) >= 11 is 0. The van der Waals surface area contributed by atoms with Gasteiger partial charge >= 0.3 is 5.97 Å². The number of benzene rings is 1. The molecule has 0 unspecified atom stereocenters. The number of pyridine rings is 2. The summed E-state index contributed by atoms with van der Waals surface area (Å²) in [5, 5.41) is 21.3. The standard InChI is InChI=1S/C29H37N3O5/c1-16-23(18-8-9-20-19(14-18)21(33)15-22(34)31-20)25(32-12-10-29(6,7)11-13-32)24(17(2)30-16)26(27(35)36)37-28(3,4)5/h8-9,14-15,26H,10-13H2,1-7H3,(H,35,36)(H2,31,33,34)/t26-/m0/s1. The Morgan fingerprint density at radius 2 is 1.78 bits per heavy atom. The average Bonchev–Trinajstić information content (AvgIpc) is 2.77. The number of hydrogen-bond acceptors (Lipinski definition) is 6. The van der Waals surface area contributed by atoms with Gasteiger partial charge in [0.2, 0.25) is 0 Å². The molecule has 0 radical (unpaired) electrons. The van der Waals surface area contributed by atoms with Crippen molar-refractivity contribution in [2.75, 3.05) is 18.0 Å². The number of ether oxygens (including phenoxy) is 1. The molecule has 198 valence electrons. The molecule has 0 spiro atoms. The fourth-order valence-electron chi connectivity index (χ4n) is 5.15. The largest absolute Gasteiger partial charge is 0.507 e. The Labute approximate surface area is 217 Å². The zero-order chi connectivity index (χ0) is 27.3. The molecule has 3 aromatic rings. The van der Waals surface area contributed by atoms with Crippen LogP contribution >= 0.6 is 0 Å². The number of carbonyl (C=O) groups is 1. The lowest BCUT2D eigenvalue weighted by atomic mass is 9.81. The monoisotopic (exact) mass is 507 g/mol. The van der Waals surface area contributed by atoms with Crippen molar-refractivity contribution < 1.29 is 19.7 Å². The second-order valence-electron chi connectivity index (χ2n) is 11.8. The second-order valence-corrected chi connectivity index (χ2v) is 11.8. The molecule has 0 bridgehead atoms. The van der Waals surface area contributed by atoms with Crippen molar-refractivity contribution in [1.82, 2.24) is 9.97 Å². The number of nitrogens with zero attached hydrogens (tertiary/aromatic N) is 2. The Bertz CT molecular complexity index is 1410. The van der Waals surface area contributed by atoms with E-state index in [2.05, 4.69) is 23.7 Å². The van der Waals surface area contributed by atoms with Gasteiger partial charge in [-0.3, -0.25) is 9.78 Å². The number of H-pyrrole nitrogens is 1. The van der Waals surface area contributed by atoms with Gasteiger partial charge in [0.05, 0.1) is 16.8 Å². The van der Waals surface area contributed by atoms with E-state index in [1.807, 2.05) is 46.8 Å². The molecule has 0 saturated carbocycles. The van der Waals surface area contributed by atoms with Crippen LogP contribution in [0.4, 0.5) is 5.69 Å². The minimum atomic E-state index is -1.21. The van der Waals surface area contributed by atoms with Crippen LogP contribution in [0.1, 0.15) is 70.5 Å². The van der Waals surface area contributed by atoms with Crippen LogP contribution in [0.15, 0.2) is 29.1 Å². The minimum Gasteiger partial charge on any atom is -0.507 e. The smallest absolute Gasteiger partial charge is 0.337 e. The van der Waals surface area contributed by atoms with E-state index in [1.54, 1.807) is 6.07 Å². The van der Waals surface area contributed by atoms with Gasteiger partial charge in [-0.15, -0.1) is 0 Å². The Hall–Kier alpha value is -3.39. The third-order valence-electron chi connectivity index (χ3n) is 7.08. The van der Waals surface area contributed by atoms with Crippen LogP contribution in [0.2, 0.25) is 0 Å². The van der Waals surface area contributed by atoms with Crippen LogP contribution in [0.3, 0.4) is 0 Å². The normalized spacial score (nSPS) is 16.7. The topological polar surface area (TPSA) is 116 Å². The van der Waals surface area contributed by atoms with Crippen LogP contribution in [0.25, 0.3) is 22.0 Å². The zero-order valence-corrected chi connectivity index (χ0v) is 22.7. The van der Waals surface area contributed by atoms with E-state index < -0.39 is 17.7 Å². The van der Waals surface area contributed by atoms with Gasteiger partial charge in [-0.25, -0.2) is 4.79 Å². The lowest BCUT2D eigenvalue weighted by Crippen LogP contribution is -2.39. The fourth-order valence-corrected chi connectivity index (χ4v) is 5.15. The summed E-state index contributed by atoms with van der Waals surface area (Å²) in [6.07, 6.45) is 0.718. The summed E-state index contributed by atoms with van der Waals surface area (Å²) in [7, 11) is 0. The molecule has 4 rings (SSSR count). The van der Waals surface area contributed by atoms with Crippen molar-refractivity contribution in [3.63, 3.8) is 0 Å². The molecule has 2 aromatic heterocycles. The number of aryl methyl sites for hydroxylation is 2. The van der Waals surface area contributed by atoms with Crippen molar-refractivity contribution >= 4 is 22.6 Å². The van der Waals surface area contributed by atoms with Crippen molar-refractivity contribution in [2.24, 2.45) is 5.41 Å². The Balaban J connectivity index is 2.02. The quantitative estimate of drug-likeness (QED) is 0.419. The maximum atomic E-state index is 12.6. The molecule has 3 heterocycles. The van der Waals surface area contributed by atoms with Crippen LogP contribution in [-0.2, 0) is 9.53 Å². The molecule has 1 atom stereocenters. The Kier molecular flexibility index (Phi) is 6.84. The van der Waals surface area contributed by atoms with Crippen molar-refractivity contribution in [3.05, 3.63) is 51.6 Å². The molecule has 1 aromatic carbocycles. The average molecular weight is 508 g/mol. The molecule has 8 nitrogen and oxygen atoms in total. The molecule has 37 heavy (non-hydrogen) atoms. The summed E-state index contributed by atoms with van der Waals surface area (Å²) in [5.41, 5.74) is 3.95. The Morgan fingerprint density at radius 3 is 2.38 bits per heavy atom. The lowest BCUT2D eigenvalue weighted by Gasteiger charge is -2.41. The number of hydrogen-bond donors (Lipinski definition) is 3. The summed E-state index contributed by atoms with van der Waals surface area (Å²) < 4.78 is 6.13. The van der Waals surface area contributed by atoms with Gasteiger partial charge in [0, 0.05) is 47.1 Å². The number of rotatable bonds is 5. The third-order valence-corrected chi connectivity index (χ3v) is 7.08. The molecular formula is C29H37N3O5. The molecule has 1 saturated heterocycles. The number of aromatic hydroxyl groups is 1. The predicted octanol–water partition coefficient (Wildman–Crippen LogP) is 5.48. The maximum absolute atomic E-state index is 12.6. The number of fused-ring (bicyclic) bond motifs is 1. The van der Waals surface area contributed by atoms with Gasteiger partial charge in [-0.05, 0) is 70.6 Å². The minimum absolute atomic E-state index is 0.112. The summed E-state index contributed by atoms with van der Waals surface area (Å²) in [6.45, 7) is 15.3. The van der Waals surface area contributed by atoms with Gasteiger partial charge in [0.25, 0.3) is 5.56 Å². The van der Waals surface area contributed by atoms with Crippen molar-refractivity contribution in [1.29, 1.82) is 0 Å². The van der Waals surface area contributed by atoms with E-state index >= 15 is 0 Å². The number of aliphatic carboxylic acids is 1. The van der Waals surface area contributed by atoms with Gasteiger partial charge < -0.3 is 24.8 Å². The number of carboxylic acids is 1. The van der Waals surface area contributed by atoms with E-state index in [0.29, 0.717) is 22.2 Å². The molecular weight excluding hydrogens is 470 g/mol. The van der Waals surface area contributed by atoms with Gasteiger partial charge in [0.15, 0.2) is 6.10 Å². The molecule has 8 heteroatoms. The predicted molar refractivity (Wildman–Crippen MR) is 145 cm³/mol. The first kappa shape index (κ1) is 26.7. The first-order valence-corrected chi connectivity index (χ1v) is 12.7. The van der Waals surface area contributed by atoms with Crippen LogP contribution in [-0.4, -0.2) is 44.8 Å². The number of anilines is 1. The summed E-state index contributed by atoms with van der Waals surface area (Å²) in [4.78, 5) is 34.3. The number of piperidine rings is 1. The molecule has 0 amide bonds. The second kappa shape index (κ2) is 9.49. The first-order chi connectivity index (χ1) is 17.2. The van der Waals surface area contributed by atoms with Crippen LogP contribution < -0.4 is 10.5 Å². The van der Waals surface area contributed by atoms with Crippen LogP contribution in [0, 0.1) is 19.3 Å². The molecule has 3 N–H and O–H groups in total. The van der Waals surface area contributed by atoms with E-state index in [0.717, 1.165) is 54.5 Å². The van der Waals surface area contributed by atoms with E-state index in [9.17, 15) is 19.8 Å². The fraction of sp³-hybridized carbons (Fsp3) is 0.483. The lowest BCUT2D eigenvalue weighted by molar-refractivity contribution is -0.160. The van der Waals surface area contributed by atoms with Gasteiger partial charge in [-0.2, -0.15) is 0 Å². The third kappa shape index (κ3) is 5.49. The first-order valence-electron chi connectivity index (χ1n) is 12.7. The van der Waals surface area contributed by atoms with Gasteiger partial charge in [-0.1, -0.05) is 19.9 Å². The molecule has 1 fully saturated rings. The SMILES string of the molecule is Cc1nc(C)c([C@H](OC(C)(C)C)C(=O)O)c(N2CCC(C)(C)CC2)c1-c1ccc2[nH]c(=O)cc(O)c2c1. The zero-order valence-electron chi connectivity index (χ0n) is 22.7. The maximum Gasteiger partial charge on any atom is 0.337 e. The summed E-state index contributed by atoms with van der Waals surface area (Å²) in [6, 6.07) is 6.61. The highest BCUT2D eigenvalue weighted by Crippen LogP contribution is 2.45.